The molecule has 2 heterocycles. The number of piperidine rings is 1. The van der Waals surface area contributed by atoms with Gasteiger partial charge in [0.05, 0.1) is 0 Å². The van der Waals surface area contributed by atoms with Gasteiger partial charge in [0.2, 0.25) is 0 Å². The summed E-state index contributed by atoms with van der Waals surface area (Å²) in [5.41, 5.74) is 1.05. The van der Waals surface area contributed by atoms with E-state index in [4.69, 9.17) is 0 Å². The Morgan fingerprint density at radius 1 is 1.25 bits per heavy atom. The number of nitrogens with zero attached hydrogens (tertiary/aromatic N) is 2. The van der Waals surface area contributed by atoms with E-state index in [1.807, 2.05) is 13.0 Å². The summed E-state index contributed by atoms with van der Waals surface area (Å²) in [6.45, 7) is 4.68. The van der Waals surface area contributed by atoms with E-state index in [0.717, 1.165) is 56.8 Å². The predicted octanol–water partition coefficient (Wildman–Crippen LogP) is 3.01. The van der Waals surface area contributed by atoms with E-state index in [9.17, 15) is 4.79 Å². The third-order valence-electron chi connectivity index (χ3n) is 4.96. The van der Waals surface area contributed by atoms with Crippen molar-refractivity contribution in [1.29, 1.82) is 0 Å². The van der Waals surface area contributed by atoms with Gasteiger partial charge in [0.25, 0.3) is 0 Å². The molecule has 1 saturated heterocycles. The lowest BCUT2D eigenvalue weighted by molar-refractivity contribution is 0.232. The lowest BCUT2D eigenvalue weighted by atomic mass is 9.94. The van der Waals surface area contributed by atoms with E-state index in [2.05, 4.69) is 44.8 Å². The highest BCUT2D eigenvalue weighted by atomic mass is 16.2. The Bertz CT molecular complexity index is 578. The Morgan fingerprint density at radius 3 is 2.79 bits per heavy atom. The number of hydrogen-bond acceptors (Lipinski definition) is 3. The normalized spacial score (nSPS) is 21.5. The second kappa shape index (κ2) is 8.18. The molecule has 0 saturated carbocycles. The highest BCUT2D eigenvalue weighted by Gasteiger charge is 2.21. The summed E-state index contributed by atoms with van der Waals surface area (Å²) in [7, 11) is 0. The molecule has 5 heteroatoms. The van der Waals surface area contributed by atoms with Crippen molar-refractivity contribution in [3.63, 3.8) is 0 Å². The topological polar surface area (TPSA) is 57.3 Å². The number of anilines is 1. The Balaban J connectivity index is 1.38. The Labute approximate surface area is 144 Å². The molecular formula is C19H28N4O. The highest BCUT2D eigenvalue weighted by molar-refractivity contribution is 5.74. The molecule has 1 aromatic heterocycles. The molecular weight excluding hydrogens is 300 g/mol. The Kier molecular flexibility index (Phi) is 5.72. The minimum absolute atomic E-state index is 0.0170. The highest BCUT2D eigenvalue weighted by Crippen LogP contribution is 2.19. The van der Waals surface area contributed by atoms with Crippen LogP contribution in [0.2, 0.25) is 0 Å². The van der Waals surface area contributed by atoms with E-state index >= 15 is 0 Å². The van der Waals surface area contributed by atoms with Crippen LogP contribution in [-0.4, -0.2) is 36.7 Å². The molecule has 1 atom stereocenters. The Hall–Kier alpha value is -2.04. The molecule has 0 radical (unpaired) electrons. The first-order valence-corrected chi connectivity index (χ1v) is 9.08. The molecule has 1 aliphatic heterocycles. The van der Waals surface area contributed by atoms with Crippen LogP contribution in [0.25, 0.3) is 0 Å². The zero-order valence-electron chi connectivity index (χ0n) is 14.5. The van der Waals surface area contributed by atoms with Crippen LogP contribution in [0.4, 0.5) is 10.6 Å². The quantitative estimate of drug-likeness (QED) is 0.835. The van der Waals surface area contributed by atoms with Crippen LogP contribution in [0.3, 0.4) is 0 Å². The van der Waals surface area contributed by atoms with E-state index in [1.165, 1.54) is 6.42 Å². The van der Waals surface area contributed by atoms with Crippen LogP contribution in [0, 0.1) is 12.8 Å². The number of aromatic nitrogens is 1. The van der Waals surface area contributed by atoms with Gasteiger partial charge in [-0.2, -0.15) is 0 Å². The third-order valence-corrected chi connectivity index (χ3v) is 4.96. The number of pyridine rings is 1. The molecule has 0 aromatic carbocycles. The minimum Gasteiger partial charge on any atom is -0.356 e. The van der Waals surface area contributed by atoms with Crippen molar-refractivity contribution in [2.45, 2.75) is 45.1 Å². The molecule has 130 valence electrons. The number of amides is 2. The molecule has 1 aliphatic carbocycles. The standard InChI is InChI=1S/C19H28N4O/c1-15-6-5-9-18(21-15)23-12-10-17(11-13-23)22-19(24)20-14-16-7-3-2-4-8-16/h2-3,5-6,9,16-17H,4,7-8,10-14H2,1H3,(H2,20,22,24). The van der Waals surface area contributed by atoms with Gasteiger partial charge in [0, 0.05) is 31.4 Å². The third kappa shape index (κ3) is 4.73. The van der Waals surface area contributed by atoms with Gasteiger partial charge < -0.3 is 15.5 Å². The van der Waals surface area contributed by atoms with E-state index in [-0.39, 0.29) is 12.1 Å². The number of carbonyl (C=O) groups excluding carboxylic acids is 1. The maximum atomic E-state index is 12.1. The van der Waals surface area contributed by atoms with Crippen molar-refractivity contribution in [3.8, 4) is 0 Å². The van der Waals surface area contributed by atoms with Gasteiger partial charge in [-0.05, 0) is 57.1 Å². The average molecular weight is 328 g/mol. The van der Waals surface area contributed by atoms with Gasteiger partial charge in [0.1, 0.15) is 5.82 Å². The second-order valence-corrected chi connectivity index (χ2v) is 6.90. The molecule has 3 rings (SSSR count). The summed E-state index contributed by atoms with van der Waals surface area (Å²) in [5.74, 6) is 1.64. The van der Waals surface area contributed by atoms with Crippen molar-refractivity contribution in [1.82, 2.24) is 15.6 Å². The van der Waals surface area contributed by atoms with Crippen molar-refractivity contribution in [2.24, 2.45) is 5.92 Å². The molecule has 2 amide bonds. The summed E-state index contributed by atoms with van der Waals surface area (Å²) in [6.07, 6.45) is 9.79. The lowest BCUT2D eigenvalue weighted by Crippen LogP contribution is -2.48. The van der Waals surface area contributed by atoms with Crippen LogP contribution in [-0.2, 0) is 0 Å². The predicted molar refractivity (Wildman–Crippen MR) is 97.2 cm³/mol. The lowest BCUT2D eigenvalue weighted by Gasteiger charge is -2.33. The molecule has 5 nitrogen and oxygen atoms in total. The summed E-state index contributed by atoms with van der Waals surface area (Å²) >= 11 is 0. The van der Waals surface area contributed by atoms with E-state index < -0.39 is 0 Å². The SMILES string of the molecule is Cc1cccc(N2CCC(NC(=O)NCC3CC=CCC3)CC2)n1. The molecule has 1 fully saturated rings. The van der Waals surface area contributed by atoms with Gasteiger partial charge in [-0.15, -0.1) is 0 Å². The number of hydrogen-bond donors (Lipinski definition) is 2. The van der Waals surface area contributed by atoms with Crippen LogP contribution < -0.4 is 15.5 Å². The number of allylic oxidation sites excluding steroid dienone is 2. The Morgan fingerprint density at radius 2 is 2.08 bits per heavy atom. The van der Waals surface area contributed by atoms with E-state index in [0.29, 0.717) is 5.92 Å². The number of nitrogens with one attached hydrogen (secondary N) is 2. The first kappa shape index (κ1) is 16.8. The van der Waals surface area contributed by atoms with Crippen molar-refractivity contribution in [3.05, 3.63) is 36.0 Å². The molecule has 1 unspecified atom stereocenters. The molecule has 0 bridgehead atoms. The maximum absolute atomic E-state index is 12.1. The summed E-state index contributed by atoms with van der Waals surface area (Å²) in [5, 5.41) is 6.17. The molecule has 1 aromatic rings. The fraction of sp³-hybridized carbons (Fsp3) is 0.579. The van der Waals surface area contributed by atoms with Crippen molar-refractivity contribution < 1.29 is 4.79 Å². The second-order valence-electron chi connectivity index (χ2n) is 6.90. The average Bonchev–Trinajstić information content (AvgIpc) is 2.61. The van der Waals surface area contributed by atoms with Gasteiger partial charge in [-0.3, -0.25) is 0 Å². The first-order valence-electron chi connectivity index (χ1n) is 9.08. The van der Waals surface area contributed by atoms with Gasteiger partial charge in [-0.1, -0.05) is 18.2 Å². The number of carbonyl (C=O) groups is 1. The number of aryl methyl sites for hydroxylation is 1. The smallest absolute Gasteiger partial charge is 0.315 e. The van der Waals surface area contributed by atoms with Crippen LogP contribution in [0.15, 0.2) is 30.4 Å². The van der Waals surface area contributed by atoms with Crippen LogP contribution in [0.5, 0.6) is 0 Å². The largest absolute Gasteiger partial charge is 0.356 e. The summed E-state index contributed by atoms with van der Waals surface area (Å²) in [6, 6.07) is 6.38. The van der Waals surface area contributed by atoms with Crippen LogP contribution in [0.1, 0.15) is 37.8 Å². The molecule has 2 aliphatic rings. The first-order chi connectivity index (χ1) is 11.7. The van der Waals surface area contributed by atoms with Gasteiger partial charge >= 0.3 is 6.03 Å². The summed E-state index contributed by atoms with van der Waals surface area (Å²) < 4.78 is 0. The monoisotopic (exact) mass is 328 g/mol. The van der Waals surface area contributed by atoms with Crippen molar-refractivity contribution in [2.75, 3.05) is 24.5 Å². The minimum atomic E-state index is -0.0170. The van der Waals surface area contributed by atoms with Gasteiger partial charge in [0.15, 0.2) is 0 Å². The number of rotatable bonds is 4. The summed E-state index contributed by atoms with van der Waals surface area (Å²) in [4.78, 5) is 19.0. The zero-order valence-corrected chi connectivity index (χ0v) is 14.5. The number of urea groups is 1. The van der Waals surface area contributed by atoms with Crippen molar-refractivity contribution >= 4 is 11.8 Å². The van der Waals surface area contributed by atoms with Crippen LogP contribution >= 0.6 is 0 Å². The maximum Gasteiger partial charge on any atom is 0.315 e. The molecule has 0 spiro atoms. The molecule has 2 N–H and O–H groups in total. The molecule has 24 heavy (non-hydrogen) atoms. The fourth-order valence-corrected chi connectivity index (χ4v) is 3.47. The van der Waals surface area contributed by atoms with Gasteiger partial charge in [-0.25, -0.2) is 9.78 Å². The fourth-order valence-electron chi connectivity index (χ4n) is 3.47. The zero-order chi connectivity index (χ0) is 16.8. The van der Waals surface area contributed by atoms with E-state index in [1.54, 1.807) is 0 Å².